The third-order valence-electron chi connectivity index (χ3n) is 3.58. The minimum atomic E-state index is 0.664. The van der Waals surface area contributed by atoms with Gasteiger partial charge >= 0.3 is 0 Å². The molecule has 0 heterocycles. The zero-order chi connectivity index (χ0) is 13.5. The Bertz CT molecular complexity index is 377. The SMILES string of the molecule is CCOc1ccccc1OCCNCC(C)C1CC1. The molecular weight excluding hydrogens is 238 g/mol. The fourth-order valence-electron chi connectivity index (χ4n) is 2.24. The first kappa shape index (κ1) is 14.2. The summed E-state index contributed by atoms with van der Waals surface area (Å²) in [7, 11) is 0. The van der Waals surface area contributed by atoms with Crippen LogP contribution in [0.5, 0.6) is 11.5 Å². The molecule has 1 fully saturated rings. The maximum atomic E-state index is 5.76. The molecule has 0 spiro atoms. The summed E-state index contributed by atoms with van der Waals surface area (Å²) in [5.74, 6) is 3.43. The maximum absolute atomic E-state index is 5.76. The van der Waals surface area contributed by atoms with E-state index in [1.54, 1.807) is 0 Å². The van der Waals surface area contributed by atoms with Crippen LogP contribution in [0.4, 0.5) is 0 Å². The second kappa shape index (κ2) is 7.39. The molecule has 19 heavy (non-hydrogen) atoms. The van der Waals surface area contributed by atoms with E-state index in [0.717, 1.165) is 36.4 Å². The lowest BCUT2D eigenvalue weighted by atomic mass is 10.1. The van der Waals surface area contributed by atoms with Gasteiger partial charge < -0.3 is 14.8 Å². The van der Waals surface area contributed by atoms with Crippen LogP contribution in [0.25, 0.3) is 0 Å². The van der Waals surface area contributed by atoms with E-state index >= 15 is 0 Å². The lowest BCUT2D eigenvalue weighted by molar-refractivity contribution is 0.273. The highest BCUT2D eigenvalue weighted by atomic mass is 16.5. The second-order valence-corrected chi connectivity index (χ2v) is 5.25. The fraction of sp³-hybridized carbons (Fsp3) is 0.625. The van der Waals surface area contributed by atoms with Gasteiger partial charge in [0.25, 0.3) is 0 Å². The van der Waals surface area contributed by atoms with Gasteiger partial charge in [0.2, 0.25) is 0 Å². The summed E-state index contributed by atoms with van der Waals surface area (Å²) >= 11 is 0. The van der Waals surface area contributed by atoms with Gasteiger partial charge in [0.05, 0.1) is 6.61 Å². The van der Waals surface area contributed by atoms with Crippen LogP contribution in [0.1, 0.15) is 26.7 Å². The Morgan fingerprint density at radius 2 is 1.89 bits per heavy atom. The van der Waals surface area contributed by atoms with Crippen molar-refractivity contribution in [1.29, 1.82) is 0 Å². The number of hydrogen-bond donors (Lipinski definition) is 1. The summed E-state index contributed by atoms with van der Waals surface area (Å²) in [6, 6.07) is 7.84. The Balaban J connectivity index is 1.64. The van der Waals surface area contributed by atoms with Crippen molar-refractivity contribution in [3.63, 3.8) is 0 Å². The van der Waals surface area contributed by atoms with Gasteiger partial charge in [-0.2, -0.15) is 0 Å². The van der Waals surface area contributed by atoms with E-state index in [9.17, 15) is 0 Å². The molecule has 0 amide bonds. The third kappa shape index (κ3) is 4.75. The molecule has 106 valence electrons. The molecule has 1 aliphatic carbocycles. The van der Waals surface area contributed by atoms with Crippen molar-refractivity contribution in [3.05, 3.63) is 24.3 Å². The normalized spacial score (nSPS) is 16.1. The Labute approximate surface area is 116 Å². The predicted octanol–water partition coefficient (Wildman–Crippen LogP) is 3.10. The number of ether oxygens (including phenoxy) is 2. The quantitative estimate of drug-likeness (QED) is 0.694. The molecule has 0 bridgehead atoms. The lowest BCUT2D eigenvalue weighted by Crippen LogP contribution is -2.26. The molecule has 3 heteroatoms. The number of rotatable bonds is 9. The molecule has 2 rings (SSSR count). The van der Waals surface area contributed by atoms with E-state index < -0.39 is 0 Å². The van der Waals surface area contributed by atoms with Gasteiger partial charge in [0.15, 0.2) is 11.5 Å². The monoisotopic (exact) mass is 263 g/mol. The van der Waals surface area contributed by atoms with Crippen LogP contribution in [0.15, 0.2) is 24.3 Å². The number of nitrogens with one attached hydrogen (secondary N) is 1. The molecule has 0 aliphatic heterocycles. The molecule has 3 nitrogen and oxygen atoms in total. The van der Waals surface area contributed by atoms with E-state index in [1.165, 1.54) is 12.8 Å². The van der Waals surface area contributed by atoms with Crippen LogP contribution < -0.4 is 14.8 Å². The molecule has 0 radical (unpaired) electrons. The number of benzene rings is 1. The molecule has 1 aromatic carbocycles. The average molecular weight is 263 g/mol. The first-order valence-electron chi connectivity index (χ1n) is 7.36. The van der Waals surface area contributed by atoms with Gasteiger partial charge in [-0.25, -0.2) is 0 Å². The van der Waals surface area contributed by atoms with Crippen molar-refractivity contribution < 1.29 is 9.47 Å². The molecule has 1 aliphatic rings. The highest BCUT2D eigenvalue weighted by molar-refractivity contribution is 5.39. The van der Waals surface area contributed by atoms with Gasteiger partial charge in [-0.05, 0) is 50.3 Å². The molecule has 1 N–H and O–H groups in total. The lowest BCUT2D eigenvalue weighted by Gasteiger charge is -2.13. The maximum Gasteiger partial charge on any atom is 0.161 e. The zero-order valence-electron chi connectivity index (χ0n) is 12.0. The van der Waals surface area contributed by atoms with Crippen molar-refractivity contribution in [2.75, 3.05) is 26.3 Å². The summed E-state index contributed by atoms with van der Waals surface area (Å²) in [4.78, 5) is 0. The standard InChI is InChI=1S/C16H25NO2/c1-3-18-15-6-4-5-7-16(15)19-11-10-17-12-13(2)14-8-9-14/h4-7,13-14,17H,3,8-12H2,1-2H3. The van der Waals surface area contributed by atoms with Crippen molar-refractivity contribution in [2.45, 2.75) is 26.7 Å². The Morgan fingerprint density at radius 3 is 2.53 bits per heavy atom. The van der Waals surface area contributed by atoms with Crippen molar-refractivity contribution in [2.24, 2.45) is 11.8 Å². The largest absolute Gasteiger partial charge is 0.490 e. The van der Waals surface area contributed by atoms with Gasteiger partial charge in [-0.15, -0.1) is 0 Å². The Hall–Kier alpha value is -1.22. The third-order valence-corrected chi connectivity index (χ3v) is 3.58. The van der Waals surface area contributed by atoms with Crippen LogP contribution in [0.2, 0.25) is 0 Å². The van der Waals surface area contributed by atoms with E-state index in [2.05, 4.69) is 12.2 Å². The molecule has 1 saturated carbocycles. The molecule has 1 unspecified atom stereocenters. The zero-order valence-corrected chi connectivity index (χ0v) is 12.0. The molecule has 1 atom stereocenters. The van der Waals surface area contributed by atoms with Crippen LogP contribution >= 0.6 is 0 Å². The fourth-order valence-corrected chi connectivity index (χ4v) is 2.24. The number of para-hydroxylation sites is 2. The summed E-state index contributed by atoms with van der Waals surface area (Å²) < 4.78 is 11.3. The molecule has 0 aromatic heterocycles. The average Bonchev–Trinajstić information content (AvgIpc) is 3.24. The minimum absolute atomic E-state index is 0.664. The summed E-state index contributed by atoms with van der Waals surface area (Å²) in [6.45, 7) is 7.64. The van der Waals surface area contributed by atoms with Gasteiger partial charge in [-0.1, -0.05) is 19.1 Å². The van der Waals surface area contributed by atoms with Crippen LogP contribution in [-0.2, 0) is 0 Å². The highest BCUT2D eigenvalue weighted by Crippen LogP contribution is 2.36. The first-order chi connectivity index (χ1) is 9.31. The van der Waals surface area contributed by atoms with Crippen LogP contribution in [-0.4, -0.2) is 26.3 Å². The predicted molar refractivity (Wildman–Crippen MR) is 77.9 cm³/mol. The Morgan fingerprint density at radius 1 is 1.21 bits per heavy atom. The van der Waals surface area contributed by atoms with E-state index in [0.29, 0.717) is 13.2 Å². The van der Waals surface area contributed by atoms with Gasteiger partial charge in [-0.3, -0.25) is 0 Å². The summed E-state index contributed by atoms with van der Waals surface area (Å²) in [5, 5.41) is 3.46. The van der Waals surface area contributed by atoms with Crippen molar-refractivity contribution in [1.82, 2.24) is 5.32 Å². The van der Waals surface area contributed by atoms with Crippen LogP contribution in [0, 0.1) is 11.8 Å². The topological polar surface area (TPSA) is 30.5 Å². The van der Waals surface area contributed by atoms with Gasteiger partial charge in [0.1, 0.15) is 6.61 Å². The minimum Gasteiger partial charge on any atom is -0.490 e. The van der Waals surface area contributed by atoms with E-state index in [4.69, 9.17) is 9.47 Å². The highest BCUT2D eigenvalue weighted by Gasteiger charge is 2.27. The van der Waals surface area contributed by atoms with E-state index in [-0.39, 0.29) is 0 Å². The second-order valence-electron chi connectivity index (χ2n) is 5.25. The van der Waals surface area contributed by atoms with Gasteiger partial charge in [0, 0.05) is 6.54 Å². The molecular formula is C16H25NO2. The summed E-state index contributed by atoms with van der Waals surface area (Å²) in [5.41, 5.74) is 0. The molecule has 1 aromatic rings. The smallest absolute Gasteiger partial charge is 0.161 e. The summed E-state index contributed by atoms with van der Waals surface area (Å²) in [6.07, 6.45) is 2.84. The van der Waals surface area contributed by atoms with Crippen molar-refractivity contribution in [3.8, 4) is 11.5 Å². The van der Waals surface area contributed by atoms with Crippen molar-refractivity contribution >= 4 is 0 Å². The molecule has 0 saturated heterocycles. The Kier molecular flexibility index (Phi) is 5.52. The first-order valence-corrected chi connectivity index (χ1v) is 7.36. The van der Waals surface area contributed by atoms with E-state index in [1.807, 2.05) is 31.2 Å². The van der Waals surface area contributed by atoms with Crippen LogP contribution in [0.3, 0.4) is 0 Å². The number of hydrogen-bond acceptors (Lipinski definition) is 3.